The van der Waals surface area contributed by atoms with Crippen molar-refractivity contribution in [2.24, 2.45) is 29.1 Å². The number of hydrogen-bond acceptors (Lipinski definition) is 2. The first-order valence-corrected chi connectivity index (χ1v) is 8.55. The Morgan fingerprint density at radius 1 is 1.15 bits per heavy atom. The summed E-state index contributed by atoms with van der Waals surface area (Å²) in [6.45, 7) is 2.24. The monoisotopic (exact) mass is 272 g/mol. The maximum Gasteiger partial charge on any atom is 0.139 e. The van der Waals surface area contributed by atoms with Crippen LogP contribution in [0.2, 0.25) is 0 Å². The van der Waals surface area contributed by atoms with E-state index >= 15 is 0 Å². The fraction of sp³-hybridized carbons (Fsp3) is 0.833. The summed E-state index contributed by atoms with van der Waals surface area (Å²) >= 11 is 0. The van der Waals surface area contributed by atoms with Crippen LogP contribution in [0, 0.1) is 29.1 Å². The molecule has 4 fully saturated rings. The van der Waals surface area contributed by atoms with E-state index in [0.717, 1.165) is 37.0 Å². The minimum Gasteiger partial charge on any atom is -0.370 e. The van der Waals surface area contributed by atoms with Crippen molar-refractivity contribution in [3.05, 3.63) is 11.6 Å². The van der Waals surface area contributed by atoms with Crippen LogP contribution in [0.5, 0.6) is 0 Å². The van der Waals surface area contributed by atoms with Gasteiger partial charge in [-0.1, -0.05) is 18.6 Å². The standard InChI is InChI=1S/C18H24O2/c1-18-7-6-11-12(14(18)4-5-17(18)19)3-2-10-8-15-16(20-15)9-13(10)11/h6,10,12-16H,2-5,7-9H2,1H3/t10?,12-,13-,14+,15?,16?,18-/m1/s1. The van der Waals surface area contributed by atoms with Crippen LogP contribution in [0.1, 0.15) is 51.9 Å². The Balaban J connectivity index is 1.50. The normalized spacial score (nSPS) is 56.2. The summed E-state index contributed by atoms with van der Waals surface area (Å²) in [7, 11) is 0. The van der Waals surface area contributed by atoms with Crippen molar-refractivity contribution in [1.82, 2.24) is 0 Å². The third kappa shape index (κ3) is 1.41. The van der Waals surface area contributed by atoms with Gasteiger partial charge in [0.2, 0.25) is 0 Å². The molecule has 0 spiro atoms. The van der Waals surface area contributed by atoms with Crippen LogP contribution in [0.4, 0.5) is 0 Å². The number of ketones is 1. The fourth-order valence-electron chi connectivity index (χ4n) is 6.14. The molecule has 0 bridgehead atoms. The van der Waals surface area contributed by atoms with Gasteiger partial charge >= 0.3 is 0 Å². The van der Waals surface area contributed by atoms with E-state index in [1.807, 2.05) is 0 Å². The molecule has 1 saturated heterocycles. The molecule has 2 heteroatoms. The van der Waals surface area contributed by atoms with Crippen molar-refractivity contribution < 1.29 is 9.53 Å². The van der Waals surface area contributed by atoms with Crippen LogP contribution in [0.25, 0.3) is 0 Å². The van der Waals surface area contributed by atoms with Gasteiger partial charge in [0.25, 0.3) is 0 Å². The zero-order valence-electron chi connectivity index (χ0n) is 12.3. The predicted octanol–water partition coefficient (Wildman–Crippen LogP) is 3.51. The Morgan fingerprint density at radius 3 is 2.90 bits per heavy atom. The van der Waals surface area contributed by atoms with Crippen LogP contribution >= 0.6 is 0 Å². The number of carbonyl (C=O) groups is 1. The summed E-state index contributed by atoms with van der Waals surface area (Å²) in [5.74, 6) is 3.57. The molecule has 0 amide bonds. The van der Waals surface area contributed by atoms with Crippen LogP contribution in [0.15, 0.2) is 11.6 Å². The number of fused-ring (bicyclic) bond motifs is 6. The lowest BCUT2D eigenvalue weighted by molar-refractivity contribution is -0.127. The summed E-state index contributed by atoms with van der Waals surface area (Å²) in [5, 5.41) is 0. The Bertz CT molecular complexity index is 508. The molecule has 1 heterocycles. The van der Waals surface area contributed by atoms with Gasteiger partial charge in [0.1, 0.15) is 5.78 Å². The summed E-state index contributed by atoms with van der Waals surface area (Å²) < 4.78 is 5.79. The molecule has 0 aromatic carbocycles. The number of rotatable bonds is 0. The smallest absolute Gasteiger partial charge is 0.139 e. The van der Waals surface area contributed by atoms with Gasteiger partial charge < -0.3 is 4.74 Å². The number of hydrogen-bond donors (Lipinski definition) is 0. The SMILES string of the molecule is C[C@@]12CC=C3[C@@H](CCC4CC5OC5C[C@@H]34)[C@@H]1CCC2=O. The van der Waals surface area contributed by atoms with Crippen molar-refractivity contribution in [3.8, 4) is 0 Å². The van der Waals surface area contributed by atoms with E-state index in [9.17, 15) is 4.79 Å². The van der Waals surface area contributed by atoms with E-state index in [0.29, 0.717) is 23.9 Å². The number of carbonyl (C=O) groups excluding carboxylic acids is 1. The average molecular weight is 272 g/mol. The largest absolute Gasteiger partial charge is 0.370 e. The lowest BCUT2D eigenvalue weighted by atomic mass is 9.55. The third-order valence-corrected chi connectivity index (χ3v) is 7.37. The molecular weight excluding hydrogens is 248 g/mol. The van der Waals surface area contributed by atoms with Gasteiger partial charge in [-0.15, -0.1) is 0 Å². The van der Waals surface area contributed by atoms with Crippen LogP contribution in [-0.4, -0.2) is 18.0 Å². The van der Waals surface area contributed by atoms with Gasteiger partial charge in [-0.3, -0.25) is 4.79 Å². The molecule has 5 rings (SSSR count). The molecule has 108 valence electrons. The molecule has 7 atom stereocenters. The van der Waals surface area contributed by atoms with Gasteiger partial charge in [-0.2, -0.15) is 0 Å². The van der Waals surface area contributed by atoms with Crippen LogP contribution < -0.4 is 0 Å². The molecule has 1 aliphatic heterocycles. The van der Waals surface area contributed by atoms with Gasteiger partial charge in [-0.25, -0.2) is 0 Å². The predicted molar refractivity (Wildman–Crippen MR) is 76.1 cm³/mol. The number of Topliss-reactive ketones (excluding diaryl/α,β-unsaturated/α-hetero) is 1. The van der Waals surface area contributed by atoms with E-state index in [4.69, 9.17) is 4.74 Å². The molecule has 20 heavy (non-hydrogen) atoms. The lowest BCUT2D eigenvalue weighted by Gasteiger charge is -2.49. The molecular formula is C18H24O2. The van der Waals surface area contributed by atoms with Crippen molar-refractivity contribution in [2.75, 3.05) is 0 Å². The Labute approximate surface area is 120 Å². The number of epoxide rings is 1. The van der Waals surface area contributed by atoms with Gasteiger partial charge in [-0.05, 0) is 62.2 Å². The van der Waals surface area contributed by atoms with E-state index in [1.165, 1.54) is 25.7 Å². The molecule has 0 aromatic rings. The molecule has 0 N–H and O–H groups in total. The topological polar surface area (TPSA) is 29.6 Å². The second-order valence-corrected chi connectivity index (χ2v) is 8.13. The molecule has 5 aliphatic rings. The van der Waals surface area contributed by atoms with Crippen LogP contribution in [0.3, 0.4) is 0 Å². The molecule has 0 radical (unpaired) electrons. The van der Waals surface area contributed by atoms with Gasteiger partial charge in [0, 0.05) is 11.8 Å². The first-order chi connectivity index (χ1) is 9.67. The highest BCUT2D eigenvalue weighted by atomic mass is 16.6. The van der Waals surface area contributed by atoms with Gasteiger partial charge in [0.15, 0.2) is 0 Å². The van der Waals surface area contributed by atoms with E-state index in [1.54, 1.807) is 5.57 Å². The maximum atomic E-state index is 12.3. The average Bonchev–Trinajstić information content (AvgIpc) is 3.14. The fourth-order valence-corrected chi connectivity index (χ4v) is 6.14. The van der Waals surface area contributed by atoms with Crippen molar-refractivity contribution in [3.63, 3.8) is 0 Å². The van der Waals surface area contributed by atoms with Crippen molar-refractivity contribution >= 4 is 5.78 Å². The highest BCUT2D eigenvalue weighted by Gasteiger charge is 2.57. The highest BCUT2D eigenvalue weighted by Crippen LogP contribution is 2.60. The summed E-state index contributed by atoms with van der Waals surface area (Å²) in [6, 6.07) is 0. The summed E-state index contributed by atoms with van der Waals surface area (Å²) in [4.78, 5) is 12.3. The van der Waals surface area contributed by atoms with Gasteiger partial charge in [0.05, 0.1) is 12.2 Å². The summed E-state index contributed by atoms with van der Waals surface area (Å²) in [6.07, 6.45) is 12.0. The number of ether oxygens (including phenoxy) is 1. The highest BCUT2D eigenvalue weighted by molar-refractivity contribution is 5.87. The van der Waals surface area contributed by atoms with E-state index in [2.05, 4.69) is 13.0 Å². The maximum absolute atomic E-state index is 12.3. The first kappa shape index (κ1) is 12.0. The zero-order chi connectivity index (χ0) is 13.5. The zero-order valence-corrected chi connectivity index (χ0v) is 12.3. The van der Waals surface area contributed by atoms with E-state index < -0.39 is 0 Å². The molecule has 4 aliphatic carbocycles. The van der Waals surface area contributed by atoms with Crippen LogP contribution in [-0.2, 0) is 9.53 Å². The second-order valence-electron chi connectivity index (χ2n) is 8.13. The lowest BCUT2D eigenvalue weighted by Crippen LogP contribution is -2.43. The second kappa shape index (κ2) is 3.76. The Hall–Kier alpha value is -0.630. The molecule has 3 saturated carbocycles. The Kier molecular flexibility index (Phi) is 2.25. The quantitative estimate of drug-likeness (QED) is 0.499. The van der Waals surface area contributed by atoms with Crippen molar-refractivity contribution in [1.29, 1.82) is 0 Å². The Morgan fingerprint density at radius 2 is 2.00 bits per heavy atom. The minimum atomic E-state index is -0.0196. The molecule has 2 nitrogen and oxygen atoms in total. The molecule has 0 aromatic heterocycles. The number of allylic oxidation sites excluding steroid dienone is 2. The van der Waals surface area contributed by atoms with Crippen molar-refractivity contribution in [2.45, 2.75) is 64.1 Å². The minimum absolute atomic E-state index is 0.0196. The third-order valence-electron chi connectivity index (χ3n) is 7.37. The molecule has 3 unspecified atom stereocenters. The van der Waals surface area contributed by atoms with E-state index in [-0.39, 0.29) is 5.41 Å². The first-order valence-electron chi connectivity index (χ1n) is 8.55. The summed E-state index contributed by atoms with van der Waals surface area (Å²) in [5.41, 5.74) is 1.72.